The van der Waals surface area contributed by atoms with E-state index in [0.717, 1.165) is 6.92 Å². The van der Waals surface area contributed by atoms with Crippen molar-refractivity contribution in [3.8, 4) is 0 Å². The molecule has 0 radical (unpaired) electrons. The molecule has 1 amide bonds. The molecule has 158 valence electrons. The van der Waals surface area contributed by atoms with Crippen LogP contribution in [0, 0.1) is 6.92 Å². The summed E-state index contributed by atoms with van der Waals surface area (Å²) in [6.45, 7) is 2.52. The van der Waals surface area contributed by atoms with E-state index >= 15 is 0 Å². The topological polar surface area (TPSA) is 93.1 Å². The summed E-state index contributed by atoms with van der Waals surface area (Å²) in [5.74, 6) is -0.585. The van der Waals surface area contributed by atoms with Crippen molar-refractivity contribution in [1.29, 1.82) is 0 Å². The van der Waals surface area contributed by atoms with Gasteiger partial charge in [0.25, 0.3) is 5.91 Å². The molecule has 0 spiro atoms. The molecular weight excluding hydrogens is 433 g/mol. The first-order valence-corrected chi connectivity index (χ1v) is 10.5. The molecule has 0 fully saturated rings. The minimum Gasteiger partial charge on any atom is -0.339 e. The van der Waals surface area contributed by atoms with E-state index < -0.39 is 28.1 Å². The molecule has 29 heavy (non-hydrogen) atoms. The molecule has 2 aromatic rings. The largest absolute Gasteiger partial charge is 0.404 e. The van der Waals surface area contributed by atoms with Crippen LogP contribution in [0.15, 0.2) is 23.2 Å². The van der Waals surface area contributed by atoms with Crippen LogP contribution >= 0.6 is 11.6 Å². The molecule has 1 aliphatic rings. The fourth-order valence-electron chi connectivity index (χ4n) is 3.36. The number of nitrogens with one attached hydrogen (secondary N) is 2. The molecule has 0 saturated heterocycles. The Hall–Kier alpha value is -2.11. The highest BCUT2D eigenvalue weighted by Crippen LogP contribution is 2.33. The van der Waals surface area contributed by atoms with Crippen LogP contribution in [0.4, 0.5) is 18.9 Å². The van der Waals surface area contributed by atoms with Crippen LogP contribution in [0.25, 0.3) is 0 Å². The fraction of sp³-hybridized carbons (Fsp3) is 0.412. The van der Waals surface area contributed by atoms with E-state index in [-0.39, 0.29) is 21.3 Å². The lowest BCUT2D eigenvalue weighted by molar-refractivity contribution is -0.147. The molecule has 0 aliphatic carbocycles. The smallest absolute Gasteiger partial charge is 0.339 e. The number of hydrogen-bond donors (Lipinski definition) is 2. The van der Waals surface area contributed by atoms with Crippen molar-refractivity contribution >= 4 is 33.2 Å². The predicted octanol–water partition coefficient (Wildman–Crippen LogP) is 3.27. The normalized spacial score (nSPS) is 15.2. The first-order chi connectivity index (χ1) is 13.4. The van der Waals surface area contributed by atoms with Crippen molar-refractivity contribution in [3.63, 3.8) is 0 Å². The summed E-state index contributed by atoms with van der Waals surface area (Å²) in [6, 6.07) is 0.671. The minimum atomic E-state index is -4.73. The van der Waals surface area contributed by atoms with Gasteiger partial charge in [0, 0.05) is 29.7 Å². The van der Waals surface area contributed by atoms with Gasteiger partial charge in [0.05, 0.1) is 0 Å². The highest BCUT2D eigenvalue weighted by Gasteiger charge is 2.41. The lowest BCUT2D eigenvalue weighted by Gasteiger charge is -2.17. The standard InChI is InChI=1S/C17H18ClF3N4O3S/c1-9-14(16(26)23-11-5-6-22-13(18)8-11)25-7-3-4-12(25)15(9)29(27,28)24-10(2)17(19,20)21/h5-6,8,10,24H,3-4,7H2,1-2H3,(H,22,23,26). The van der Waals surface area contributed by atoms with Crippen LogP contribution < -0.4 is 10.0 Å². The third kappa shape index (κ3) is 4.26. The maximum absolute atomic E-state index is 12.9. The summed E-state index contributed by atoms with van der Waals surface area (Å²) < 4.78 is 67.3. The summed E-state index contributed by atoms with van der Waals surface area (Å²) in [5, 5.41) is 2.78. The van der Waals surface area contributed by atoms with E-state index in [0.29, 0.717) is 30.8 Å². The van der Waals surface area contributed by atoms with E-state index in [1.807, 2.05) is 0 Å². The highest BCUT2D eigenvalue weighted by molar-refractivity contribution is 7.89. The number of carbonyl (C=O) groups is 1. The molecule has 0 aromatic carbocycles. The molecule has 0 bridgehead atoms. The van der Waals surface area contributed by atoms with E-state index in [2.05, 4.69) is 10.3 Å². The number of alkyl halides is 3. The Labute approximate surface area is 170 Å². The summed E-state index contributed by atoms with van der Waals surface area (Å²) in [4.78, 5) is 16.4. The number of aromatic nitrogens is 2. The number of fused-ring (bicyclic) bond motifs is 1. The zero-order valence-corrected chi connectivity index (χ0v) is 17.0. The molecule has 2 N–H and O–H groups in total. The maximum atomic E-state index is 12.9. The van der Waals surface area contributed by atoms with Gasteiger partial charge in [-0.1, -0.05) is 11.6 Å². The molecule has 2 aromatic heterocycles. The average Bonchev–Trinajstić information content (AvgIpc) is 3.12. The Bertz CT molecular complexity index is 1070. The van der Waals surface area contributed by atoms with Crippen molar-refractivity contribution in [2.24, 2.45) is 0 Å². The van der Waals surface area contributed by atoms with Gasteiger partial charge in [-0.15, -0.1) is 0 Å². The molecule has 1 unspecified atom stereocenters. The summed E-state index contributed by atoms with van der Waals surface area (Å²) in [6.07, 6.45) is -2.42. The molecule has 3 rings (SSSR count). The summed E-state index contributed by atoms with van der Waals surface area (Å²) >= 11 is 5.80. The first-order valence-electron chi connectivity index (χ1n) is 8.65. The van der Waals surface area contributed by atoms with Crippen LogP contribution in [0.5, 0.6) is 0 Å². The van der Waals surface area contributed by atoms with Gasteiger partial charge in [-0.05, 0) is 38.8 Å². The van der Waals surface area contributed by atoms with Gasteiger partial charge in [0.1, 0.15) is 21.8 Å². The number of halogens is 4. The van der Waals surface area contributed by atoms with Gasteiger partial charge < -0.3 is 9.88 Å². The number of nitrogens with zero attached hydrogens (tertiary/aromatic N) is 2. The maximum Gasteiger partial charge on any atom is 0.404 e. The lowest BCUT2D eigenvalue weighted by atomic mass is 10.2. The SMILES string of the molecule is Cc1c(S(=O)(=O)NC(C)C(F)(F)F)c2n(c1C(=O)Nc1ccnc(Cl)c1)CCC2. The van der Waals surface area contributed by atoms with Crippen molar-refractivity contribution in [3.05, 3.63) is 40.4 Å². The summed E-state index contributed by atoms with van der Waals surface area (Å²) in [5.41, 5.74) is 0.864. The Balaban J connectivity index is 2.01. The van der Waals surface area contributed by atoms with E-state index in [1.165, 1.54) is 25.3 Å². The van der Waals surface area contributed by atoms with Crippen molar-refractivity contribution in [1.82, 2.24) is 14.3 Å². The number of hydrogen-bond acceptors (Lipinski definition) is 4. The number of rotatable bonds is 5. The Morgan fingerprint density at radius 2 is 2.07 bits per heavy atom. The third-order valence-corrected chi connectivity index (χ3v) is 6.59. The molecule has 1 aliphatic heterocycles. The molecule has 7 nitrogen and oxygen atoms in total. The Kier molecular flexibility index (Phi) is 5.67. The van der Waals surface area contributed by atoms with Crippen molar-refractivity contribution < 1.29 is 26.4 Å². The zero-order valence-electron chi connectivity index (χ0n) is 15.5. The van der Waals surface area contributed by atoms with Gasteiger partial charge in [-0.25, -0.2) is 13.4 Å². The van der Waals surface area contributed by atoms with Gasteiger partial charge in [0.15, 0.2) is 0 Å². The lowest BCUT2D eigenvalue weighted by Crippen LogP contribution is -2.43. The number of pyridine rings is 1. The van der Waals surface area contributed by atoms with E-state index in [4.69, 9.17) is 11.6 Å². The molecule has 0 saturated carbocycles. The van der Waals surface area contributed by atoms with Crippen LogP contribution in [-0.2, 0) is 23.0 Å². The van der Waals surface area contributed by atoms with Crippen LogP contribution in [0.1, 0.15) is 35.1 Å². The summed E-state index contributed by atoms with van der Waals surface area (Å²) in [7, 11) is -4.49. The van der Waals surface area contributed by atoms with Gasteiger partial charge in [-0.3, -0.25) is 4.79 Å². The third-order valence-electron chi connectivity index (χ3n) is 4.64. The van der Waals surface area contributed by atoms with Gasteiger partial charge >= 0.3 is 6.18 Å². The minimum absolute atomic E-state index is 0.0884. The Morgan fingerprint density at radius 3 is 2.69 bits per heavy atom. The molecule has 12 heteroatoms. The van der Waals surface area contributed by atoms with Crippen molar-refractivity contribution in [2.75, 3.05) is 5.32 Å². The number of anilines is 1. The number of sulfonamides is 1. The monoisotopic (exact) mass is 450 g/mol. The van der Waals surface area contributed by atoms with Crippen LogP contribution in [0.2, 0.25) is 5.15 Å². The quantitative estimate of drug-likeness (QED) is 0.684. The Morgan fingerprint density at radius 1 is 1.38 bits per heavy atom. The second kappa shape index (κ2) is 7.62. The first kappa shape index (κ1) is 21.6. The van der Waals surface area contributed by atoms with E-state index in [1.54, 1.807) is 9.29 Å². The number of carbonyl (C=O) groups excluding carboxylic acids is 1. The van der Waals surface area contributed by atoms with Gasteiger partial charge in [0.2, 0.25) is 10.0 Å². The van der Waals surface area contributed by atoms with Gasteiger partial charge in [-0.2, -0.15) is 17.9 Å². The highest BCUT2D eigenvalue weighted by atomic mass is 35.5. The fourth-order valence-corrected chi connectivity index (χ4v) is 5.28. The van der Waals surface area contributed by atoms with Crippen molar-refractivity contribution in [2.45, 2.75) is 50.3 Å². The zero-order chi connectivity index (χ0) is 21.6. The van der Waals surface area contributed by atoms with Crippen LogP contribution in [-0.4, -0.2) is 36.1 Å². The van der Waals surface area contributed by atoms with E-state index in [9.17, 15) is 26.4 Å². The molecule has 3 heterocycles. The average molecular weight is 451 g/mol. The second-order valence-corrected chi connectivity index (χ2v) is 8.75. The van der Waals surface area contributed by atoms with Crippen LogP contribution in [0.3, 0.4) is 0 Å². The molecular formula is C17H18ClF3N4O3S. The molecule has 1 atom stereocenters. The number of amides is 1. The predicted molar refractivity (Wildman–Crippen MR) is 101 cm³/mol. The second-order valence-electron chi connectivity index (χ2n) is 6.71.